The predicted octanol–water partition coefficient (Wildman–Crippen LogP) is 4.83. The first kappa shape index (κ1) is 11.5. The van der Waals surface area contributed by atoms with Gasteiger partial charge in [-0.05, 0) is 5.92 Å². The third-order valence-electron chi connectivity index (χ3n) is 4.82. The summed E-state index contributed by atoms with van der Waals surface area (Å²) in [6.07, 6.45) is 16.3. The lowest BCUT2D eigenvalue weighted by molar-refractivity contribution is 0.339. The Balaban J connectivity index is 1.75. The van der Waals surface area contributed by atoms with Crippen molar-refractivity contribution in [3.8, 4) is 0 Å². The highest BCUT2D eigenvalue weighted by atomic mass is 14.4. The van der Waals surface area contributed by atoms with Gasteiger partial charge in [0.25, 0.3) is 0 Å². The smallest absolute Gasteiger partial charge is 0.0793 e. The van der Waals surface area contributed by atoms with Gasteiger partial charge >= 0.3 is 0 Å². The summed E-state index contributed by atoms with van der Waals surface area (Å²) in [5, 5.41) is 0.728. The maximum atomic E-state index is 2.70. The molecule has 2 fully saturated rings. The van der Waals surface area contributed by atoms with E-state index in [0.717, 1.165) is 11.2 Å². The Labute approximate surface area is 96.5 Å². The summed E-state index contributed by atoms with van der Waals surface area (Å²) >= 11 is 0. The Morgan fingerprint density at radius 3 is 2.67 bits per heavy atom. The first-order valence-corrected chi connectivity index (χ1v) is 7.22. The molecule has 1 heteroatoms. The van der Waals surface area contributed by atoms with E-state index in [-0.39, 0.29) is 0 Å². The second kappa shape index (κ2) is 5.41. The highest BCUT2D eigenvalue weighted by Crippen LogP contribution is 2.57. The van der Waals surface area contributed by atoms with Gasteiger partial charge < -0.3 is 0 Å². The highest BCUT2D eigenvalue weighted by Gasteiger charge is 2.43. The maximum absolute atomic E-state index is 2.70. The van der Waals surface area contributed by atoms with Crippen LogP contribution in [0.3, 0.4) is 0 Å². The van der Waals surface area contributed by atoms with Gasteiger partial charge in [-0.3, -0.25) is 0 Å². The van der Waals surface area contributed by atoms with E-state index in [4.69, 9.17) is 0 Å². The van der Waals surface area contributed by atoms with Crippen LogP contribution in [0.4, 0.5) is 0 Å². The zero-order chi connectivity index (χ0) is 10.6. The Morgan fingerprint density at radius 2 is 1.93 bits per heavy atom. The zero-order valence-electron chi connectivity index (χ0n) is 10.4. The molecule has 85 valence electrons. The van der Waals surface area contributed by atoms with Crippen molar-refractivity contribution in [2.24, 2.45) is 5.92 Å². The van der Waals surface area contributed by atoms with Crippen molar-refractivity contribution in [3.63, 3.8) is 0 Å². The van der Waals surface area contributed by atoms with Crippen molar-refractivity contribution in [1.82, 2.24) is 0 Å². The molecule has 0 N–H and O–H groups in total. The molecule has 0 aromatic carbocycles. The van der Waals surface area contributed by atoms with Gasteiger partial charge in [0.1, 0.15) is 7.28 Å². The molecular formula is C14H26B. The second-order valence-electron chi connectivity index (χ2n) is 5.77. The summed E-state index contributed by atoms with van der Waals surface area (Å²) in [6.45, 7) is 2.31. The molecule has 0 bridgehead atoms. The molecule has 1 aliphatic carbocycles. The predicted molar refractivity (Wildman–Crippen MR) is 68.6 cm³/mol. The topological polar surface area (TPSA) is 0 Å². The average Bonchev–Trinajstić information content (AvgIpc) is 2.86. The number of hydrogen-bond acceptors (Lipinski definition) is 0. The van der Waals surface area contributed by atoms with E-state index in [1.54, 1.807) is 0 Å². The lowest BCUT2D eigenvalue weighted by atomic mass is 9.51. The van der Waals surface area contributed by atoms with Gasteiger partial charge in [0, 0.05) is 0 Å². The zero-order valence-corrected chi connectivity index (χ0v) is 10.4. The van der Waals surface area contributed by atoms with Gasteiger partial charge in [0.05, 0.1) is 0 Å². The minimum absolute atomic E-state index is 0.728. The average molecular weight is 205 g/mol. The molecule has 15 heavy (non-hydrogen) atoms. The van der Waals surface area contributed by atoms with E-state index in [2.05, 4.69) is 14.2 Å². The van der Waals surface area contributed by atoms with Gasteiger partial charge in [-0.1, -0.05) is 82.8 Å². The van der Waals surface area contributed by atoms with Crippen molar-refractivity contribution in [2.45, 2.75) is 82.8 Å². The van der Waals surface area contributed by atoms with Gasteiger partial charge in [-0.15, -0.1) is 0 Å². The van der Waals surface area contributed by atoms with Crippen molar-refractivity contribution < 1.29 is 0 Å². The maximum Gasteiger partial charge on any atom is 0.118 e. The van der Waals surface area contributed by atoms with Crippen molar-refractivity contribution in [2.75, 3.05) is 0 Å². The minimum atomic E-state index is 0.728. The summed E-state index contributed by atoms with van der Waals surface area (Å²) in [5.41, 5.74) is 0. The largest absolute Gasteiger partial charge is 0.118 e. The van der Waals surface area contributed by atoms with Crippen LogP contribution in [0.5, 0.6) is 0 Å². The second-order valence-corrected chi connectivity index (χ2v) is 5.77. The number of rotatable bonds is 5. The third-order valence-corrected chi connectivity index (χ3v) is 4.82. The van der Waals surface area contributed by atoms with Crippen LogP contribution in [-0.4, -0.2) is 7.28 Å². The Kier molecular flexibility index (Phi) is 4.17. The molecule has 0 aromatic rings. The van der Waals surface area contributed by atoms with Crippen LogP contribution in [0.1, 0.15) is 71.1 Å². The molecule has 1 spiro atoms. The molecule has 0 nitrogen and oxygen atoms in total. The standard InChI is InChI=1S/C14H26B/c1-2-3-4-5-8-13-9-12-15-14(13)10-6-7-11-14/h13H,2-12H2,1H3. The Hall–Kier alpha value is 0.0649. The lowest BCUT2D eigenvalue weighted by Crippen LogP contribution is -2.19. The molecule has 1 atom stereocenters. The fourth-order valence-electron chi connectivity index (χ4n) is 3.92. The van der Waals surface area contributed by atoms with E-state index in [0.29, 0.717) is 0 Å². The molecular weight excluding hydrogens is 179 g/mol. The van der Waals surface area contributed by atoms with Gasteiger partial charge in [-0.2, -0.15) is 0 Å². The van der Waals surface area contributed by atoms with E-state index < -0.39 is 0 Å². The van der Waals surface area contributed by atoms with Gasteiger partial charge in [0.2, 0.25) is 0 Å². The quantitative estimate of drug-likeness (QED) is 0.445. The molecule has 2 aliphatic rings. The molecule has 1 unspecified atom stereocenters. The van der Waals surface area contributed by atoms with Crippen LogP contribution in [0.2, 0.25) is 11.6 Å². The summed E-state index contributed by atoms with van der Waals surface area (Å²) in [5.74, 6) is 1.07. The molecule has 1 radical (unpaired) electrons. The normalized spacial score (nSPS) is 28.5. The fourth-order valence-corrected chi connectivity index (χ4v) is 3.92. The third kappa shape index (κ3) is 2.60. The monoisotopic (exact) mass is 205 g/mol. The van der Waals surface area contributed by atoms with Crippen LogP contribution in [-0.2, 0) is 0 Å². The van der Waals surface area contributed by atoms with Crippen molar-refractivity contribution >= 4 is 7.28 Å². The van der Waals surface area contributed by atoms with Gasteiger partial charge in [-0.25, -0.2) is 0 Å². The molecule has 2 rings (SSSR count). The van der Waals surface area contributed by atoms with Crippen molar-refractivity contribution in [3.05, 3.63) is 0 Å². The lowest BCUT2D eigenvalue weighted by Gasteiger charge is -2.31. The first-order valence-electron chi connectivity index (χ1n) is 7.22. The van der Waals surface area contributed by atoms with Crippen LogP contribution in [0, 0.1) is 5.92 Å². The van der Waals surface area contributed by atoms with Crippen LogP contribution >= 0.6 is 0 Å². The van der Waals surface area contributed by atoms with Crippen LogP contribution in [0.25, 0.3) is 0 Å². The molecule has 0 amide bonds. The summed E-state index contributed by atoms with van der Waals surface area (Å²) in [6, 6.07) is 0. The minimum Gasteiger partial charge on any atom is -0.0793 e. The molecule has 0 aromatic heterocycles. The summed E-state index contributed by atoms with van der Waals surface area (Å²) in [4.78, 5) is 0. The highest BCUT2D eigenvalue weighted by molar-refractivity contribution is 6.41. The number of hydrogen-bond donors (Lipinski definition) is 0. The first-order chi connectivity index (χ1) is 7.37. The molecule has 1 aliphatic heterocycles. The van der Waals surface area contributed by atoms with E-state index >= 15 is 0 Å². The van der Waals surface area contributed by atoms with E-state index in [1.165, 1.54) is 70.5 Å². The van der Waals surface area contributed by atoms with Crippen LogP contribution in [0.15, 0.2) is 0 Å². The van der Waals surface area contributed by atoms with Crippen LogP contribution < -0.4 is 0 Å². The number of unbranched alkanes of at least 4 members (excludes halogenated alkanes) is 3. The Bertz CT molecular complexity index is 176. The van der Waals surface area contributed by atoms with E-state index in [1.807, 2.05) is 0 Å². The SMILES string of the molecule is CCCCCCC1CC[B]C12CCCC2. The van der Waals surface area contributed by atoms with Crippen molar-refractivity contribution in [1.29, 1.82) is 0 Å². The summed E-state index contributed by atoms with van der Waals surface area (Å²) < 4.78 is 0. The molecule has 1 saturated carbocycles. The summed E-state index contributed by atoms with van der Waals surface area (Å²) in [7, 11) is 2.70. The van der Waals surface area contributed by atoms with Gasteiger partial charge in [0.15, 0.2) is 0 Å². The molecule has 1 saturated heterocycles. The molecule has 1 heterocycles. The Morgan fingerprint density at radius 1 is 1.13 bits per heavy atom. The van der Waals surface area contributed by atoms with E-state index in [9.17, 15) is 0 Å². The fraction of sp³-hybridized carbons (Fsp3) is 1.00.